The summed E-state index contributed by atoms with van der Waals surface area (Å²) < 4.78 is 5.31. The minimum atomic E-state index is -0.855. The van der Waals surface area contributed by atoms with Crippen LogP contribution in [0, 0.1) is 11.3 Å². The second-order valence-corrected chi connectivity index (χ2v) is 10.1. The topological polar surface area (TPSA) is 75.7 Å². The number of imide groups is 1. The van der Waals surface area contributed by atoms with Crippen LogP contribution in [-0.4, -0.2) is 34.9 Å². The van der Waals surface area contributed by atoms with Crippen LogP contribution in [0.4, 0.5) is 4.79 Å². The molecular weight excluding hydrogens is 380 g/mol. The standard InChI is InChI=1S/C24H34N2O4/c1-16(2)18-8-6-17(7-9-18)15-30-20(27)14-26-21(28)24(25-22(26)29)12-10-19(11-13-24)23(3,4)5/h6-9,16,19H,10-15H2,1-5H3,(H,25,29). The average Bonchev–Trinajstić information content (AvgIpc) is 2.90. The number of ether oxygens (including phenoxy) is 1. The minimum absolute atomic E-state index is 0.124. The van der Waals surface area contributed by atoms with Gasteiger partial charge in [-0.2, -0.15) is 0 Å². The molecule has 1 aliphatic carbocycles. The van der Waals surface area contributed by atoms with Crippen LogP contribution in [0.25, 0.3) is 0 Å². The van der Waals surface area contributed by atoms with Gasteiger partial charge in [0.1, 0.15) is 18.7 Å². The van der Waals surface area contributed by atoms with Crippen molar-refractivity contribution in [2.45, 2.75) is 78.4 Å². The molecule has 1 aromatic rings. The summed E-state index contributed by atoms with van der Waals surface area (Å²) in [6.45, 7) is 10.7. The van der Waals surface area contributed by atoms with Gasteiger partial charge in [0.2, 0.25) is 0 Å². The highest BCUT2D eigenvalue weighted by Gasteiger charge is 2.53. The van der Waals surface area contributed by atoms with Gasteiger partial charge in [0.25, 0.3) is 5.91 Å². The normalized spacial score (nSPS) is 24.5. The molecule has 0 aromatic heterocycles. The second kappa shape index (κ2) is 8.40. The van der Waals surface area contributed by atoms with E-state index in [0.717, 1.165) is 23.3 Å². The first kappa shape index (κ1) is 22.3. The Kier molecular flexibility index (Phi) is 6.25. The van der Waals surface area contributed by atoms with E-state index in [-0.39, 0.29) is 24.5 Å². The third-order valence-corrected chi connectivity index (χ3v) is 6.64. The number of urea groups is 1. The number of hydrogen-bond donors (Lipinski definition) is 1. The second-order valence-electron chi connectivity index (χ2n) is 10.1. The molecule has 0 unspecified atom stereocenters. The van der Waals surface area contributed by atoms with Gasteiger partial charge in [0.05, 0.1) is 0 Å². The third-order valence-electron chi connectivity index (χ3n) is 6.64. The number of nitrogens with one attached hydrogen (secondary N) is 1. The van der Waals surface area contributed by atoms with Crippen molar-refractivity contribution < 1.29 is 19.1 Å². The van der Waals surface area contributed by atoms with Crippen molar-refractivity contribution in [3.8, 4) is 0 Å². The van der Waals surface area contributed by atoms with Crippen molar-refractivity contribution >= 4 is 17.9 Å². The summed E-state index contributed by atoms with van der Waals surface area (Å²) in [4.78, 5) is 38.7. The van der Waals surface area contributed by atoms with E-state index in [2.05, 4.69) is 39.9 Å². The summed E-state index contributed by atoms with van der Waals surface area (Å²) >= 11 is 0. The Balaban J connectivity index is 1.54. The predicted molar refractivity (Wildman–Crippen MR) is 115 cm³/mol. The van der Waals surface area contributed by atoms with Gasteiger partial charge in [-0.1, -0.05) is 58.9 Å². The maximum absolute atomic E-state index is 13.0. The maximum Gasteiger partial charge on any atom is 0.326 e. The van der Waals surface area contributed by atoms with Crippen LogP contribution < -0.4 is 5.32 Å². The Bertz CT molecular complexity index is 799. The summed E-state index contributed by atoms with van der Waals surface area (Å²) in [5.41, 5.74) is 1.42. The number of carbonyl (C=O) groups excluding carboxylic acids is 3. The van der Waals surface area contributed by atoms with Crippen LogP contribution in [-0.2, 0) is 20.9 Å². The lowest BCUT2D eigenvalue weighted by molar-refractivity contribution is -0.149. The van der Waals surface area contributed by atoms with Crippen LogP contribution in [0.15, 0.2) is 24.3 Å². The van der Waals surface area contributed by atoms with E-state index in [9.17, 15) is 14.4 Å². The molecule has 1 spiro atoms. The van der Waals surface area contributed by atoms with Gasteiger partial charge in [0.15, 0.2) is 0 Å². The number of esters is 1. The molecule has 0 bridgehead atoms. The van der Waals surface area contributed by atoms with Crippen LogP contribution in [0.3, 0.4) is 0 Å². The molecule has 2 aliphatic rings. The average molecular weight is 415 g/mol. The van der Waals surface area contributed by atoms with E-state index >= 15 is 0 Å². The van der Waals surface area contributed by atoms with Crippen molar-refractivity contribution in [2.24, 2.45) is 11.3 Å². The molecule has 1 aliphatic heterocycles. The Morgan fingerprint density at radius 2 is 1.77 bits per heavy atom. The van der Waals surface area contributed by atoms with Gasteiger partial charge in [-0.3, -0.25) is 14.5 Å². The molecule has 30 heavy (non-hydrogen) atoms. The van der Waals surface area contributed by atoms with Crippen molar-refractivity contribution in [1.82, 2.24) is 10.2 Å². The molecule has 1 saturated heterocycles. The predicted octanol–water partition coefficient (Wildman–Crippen LogP) is 4.38. The largest absolute Gasteiger partial charge is 0.459 e. The number of rotatable bonds is 5. The highest BCUT2D eigenvalue weighted by molar-refractivity contribution is 6.08. The number of benzene rings is 1. The lowest BCUT2D eigenvalue weighted by atomic mass is 9.67. The van der Waals surface area contributed by atoms with Crippen LogP contribution in [0.5, 0.6) is 0 Å². The van der Waals surface area contributed by atoms with E-state index in [1.54, 1.807) is 0 Å². The van der Waals surface area contributed by atoms with Crippen LogP contribution >= 0.6 is 0 Å². The molecule has 2 fully saturated rings. The van der Waals surface area contributed by atoms with E-state index in [1.807, 2.05) is 24.3 Å². The lowest BCUT2D eigenvalue weighted by Gasteiger charge is -2.40. The van der Waals surface area contributed by atoms with Gasteiger partial charge >= 0.3 is 12.0 Å². The van der Waals surface area contributed by atoms with E-state index < -0.39 is 17.5 Å². The molecular formula is C24H34N2O4. The molecule has 0 atom stereocenters. The van der Waals surface area contributed by atoms with Crippen molar-refractivity contribution in [3.05, 3.63) is 35.4 Å². The fourth-order valence-corrected chi connectivity index (χ4v) is 4.47. The summed E-state index contributed by atoms with van der Waals surface area (Å²) in [5.74, 6) is 0.0889. The summed E-state index contributed by atoms with van der Waals surface area (Å²) in [6.07, 6.45) is 3.01. The first-order valence-corrected chi connectivity index (χ1v) is 10.9. The molecule has 3 rings (SSSR count). The SMILES string of the molecule is CC(C)c1ccc(COC(=O)CN2C(=O)NC3(CCC(C(C)(C)C)CC3)C2=O)cc1. The van der Waals surface area contributed by atoms with Crippen molar-refractivity contribution in [2.75, 3.05) is 6.54 Å². The molecule has 1 heterocycles. The van der Waals surface area contributed by atoms with Crippen LogP contribution in [0.1, 0.15) is 77.3 Å². The first-order valence-electron chi connectivity index (χ1n) is 10.9. The Labute approximate surface area is 179 Å². The van der Waals surface area contributed by atoms with E-state index in [4.69, 9.17) is 4.74 Å². The van der Waals surface area contributed by atoms with Gasteiger partial charge < -0.3 is 10.1 Å². The minimum Gasteiger partial charge on any atom is -0.459 e. The summed E-state index contributed by atoms with van der Waals surface area (Å²) in [5, 5.41) is 2.87. The van der Waals surface area contributed by atoms with Crippen molar-refractivity contribution in [3.63, 3.8) is 0 Å². The molecule has 1 saturated carbocycles. The first-order chi connectivity index (χ1) is 14.0. The highest BCUT2D eigenvalue weighted by Crippen LogP contribution is 2.43. The molecule has 6 heteroatoms. The van der Waals surface area contributed by atoms with Crippen molar-refractivity contribution in [1.29, 1.82) is 0 Å². The third kappa shape index (κ3) is 4.68. The van der Waals surface area contributed by atoms with Gasteiger partial charge in [-0.15, -0.1) is 0 Å². The van der Waals surface area contributed by atoms with Gasteiger partial charge in [-0.05, 0) is 54.1 Å². The number of hydrogen-bond acceptors (Lipinski definition) is 4. The van der Waals surface area contributed by atoms with Crippen LogP contribution in [0.2, 0.25) is 0 Å². The van der Waals surface area contributed by atoms with Gasteiger partial charge in [0, 0.05) is 0 Å². The maximum atomic E-state index is 13.0. The quantitative estimate of drug-likeness (QED) is 0.573. The molecule has 164 valence electrons. The molecule has 3 amide bonds. The molecule has 0 radical (unpaired) electrons. The Morgan fingerprint density at radius 1 is 1.17 bits per heavy atom. The zero-order chi connectivity index (χ0) is 22.1. The zero-order valence-corrected chi connectivity index (χ0v) is 18.8. The zero-order valence-electron chi connectivity index (χ0n) is 18.8. The number of nitrogens with zero attached hydrogens (tertiary/aromatic N) is 1. The Hall–Kier alpha value is -2.37. The van der Waals surface area contributed by atoms with E-state index in [1.165, 1.54) is 5.56 Å². The fraction of sp³-hybridized carbons (Fsp3) is 0.625. The molecule has 1 N–H and O–H groups in total. The van der Waals surface area contributed by atoms with E-state index in [0.29, 0.717) is 24.7 Å². The molecule has 1 aromatic carbocycles. The monoisotopic (exact) mass is 414 g/mol. The summed E-state index contributed by atoms with van der Waals surface area (Å²) in [6, 6.07) is 7.40. The fourth-order valence-electron chi connectivity index (χ4n) is 4.47. The number of carbonyl (C=O) groups is 3. The summed E-state index contributed by atoms with van der Waals surface area (Å²) in [7, 11) is 0. The number of amides is 3. The lowest BCUT2D eigenvalue weighted by Crippen LogP contribution is -2.50. The molecule has 6 nitrogen and oxygen atoms in total. The highest BCUT2D eigenvalue weighted by atomic mass is 16.5. The smallest absolute Gasteiger partial charge is 0.326 e. The Morgan fingerprint density at radius 3 is 2.30 bits per heavy atom. The van der Waals surface area contributed by atoms with Gasteiger partial charge in [-0.25, -0.2) is 4.79 Å².